The Labute approximate surface area is 74.4 Å². The molecule has 0 aromatic rings. The number of carbonyl (C=O) groups excluding carboxylic acids is 3. The van der Waals surface area contributed by atoms with Crippen LogP contribution in [0.1, 0.15) is 6.42 Å². The first kappa shape index (κ1) is 7.97. The van der Waals surface area contributed by atoms with Gasteiger partial charge in [-0.1, -0.05) is 0 Å². The molecule has 1 fully saturated rings. The minimum atomic E-state index is -0.327. The van der Waals surface area contributed by atoms with E-state index >= 15 is 0 Å². The second kappa shape index (κ2) is 2.69. The van der Waals surface area contributed by atoms with Crippen LogP contribution in [0.5, 0.6) is 0 Å². The van der Waals surface area contributed by atoms with Gasteiger partial charge in [-0.15, -0.1) is 0 Å². The molecule has 5 heteroatoms. The van der Waals surface area contributed by atoms with Gasteiger partial charge in [0.15, 0.2) is 0 Å². The molecule has 13 heavy (non-hydrogen) atoms. The SMILES string of the molecule is O=C1CC(N2C(=O)C=CC2=O)CN1. The van der Waals surface area contributed by atoms with Gasteiger partial charge in [0.2, 0.25) is 5.91 Å². The van der Waals surface area contributed by atoms with E-state index in [0.717, 1.165) is 4.90 Å². The molecule has 1 N–H and O–H groups in total. The molecule has 0 spiro atoms. The van der Waals surface area contributed by atoms with E-state index in [4.69, 9.17) is 0 Å². The Morgan fingerprint density at radius 2 is 1.85 bits per heavy atom. The van der Waals surface area contributed by atoms with Crippen molar-refractivity contribution in [2.75, 3.05) is 6.54 Å². The summed E-state index contributed by atoms with van der Waals surface area (Å²) >= 11 is 0. The molecular weight excluding hydrogens is 172 g/mol. The van der Waals surface area contributed by atoms with E-state index < -0.39 is 0 Å². The summed E-state index contributed by atoms with van der Waals surface area (Å²) in [5.41, 5.74) is 0. The molecule has 0 aliphatic carbocycles. The van der Waals surface area contributed by atoms with Crippen LogP contribution in [0.15, 0.2) is 12.2 Å². The largest absolute Gasteiger partial charge is 0.354 e. The summed E-state index contributed by atoms with van der Waals surface area (Å²) in [7, 11) is 0. The fourth-order valence-corrected chi connectivity index (χ4v) is 1.54. The van der Waals surface area contributed by atoms with Gasteiger partial charge in [0.25, 0.3) is 11.8 Å². The number of carbonyl (C=O) groups is 3. The third-order valence-corrected chi connectivity index (χ3v) is 2.16. The Hall–Kier alpha value is -1.65. The van der Waals surface area contributed by atoms with Crippen molar-refractivity contribution in [3.63, 3.8) is 0 Å². The number of hydrogen-bond acceptors (Lipinski definition) is 3. The van der Waals surface area contributed by atoms with Gasteiger partial charge in [-0.05, 0) is 0 Å². The summed E-state index contributed by atoms with van der Waals surface area (Å²) in [5.74, 6) is -0.768. The summed E-state index contributed by atoms with van der Waals surface area (Å²) in [5, 5.41) is 2.57. The van der Waals surface area contributed by atoms with Gasteiger partial charge in [0.1, 0.15) is 0 Å². The van der Waals surface area contributed by atoms with Crippen LogP contribution in [-0.2, 0) is 14.4 Å². The van der Waals surface area contributed by atoms with Crippen LogP contribution >= 0.6 is 0 Å². The lowest BCUT2D eigenvalue weighted by Crippen LogP contribution is -2.41. The van der Waals surface area contributed by atoms with Crippen LogP contribution in [0.25, 0.3) is 0 Å². The summed E-state index contributed by atoms with van der Waals surface area (Å²) in [6.45, 7) is 0.373. The molecule has 0 aromatic heterocycles. The van der Waals surface area contributed by atoms with Gasteiger partial charge < -0.3 is 5.32 Å². The van der Waals surface area contributed by atoms with E-state index in [1.807, 2.05) is 0 Å². The number of rotatable bonds is 1. The molecule has 1 saturated heterocycles. The Morgan fingerprint density at radius 3 is 2.31 bits per heavy atom. The Bertz CT molecular complexity index is 303. The lowest BCUT2D eigenvalue weighted by molar-refractivity contribution is -0.139. The molecule has 2 aliphatic rings. The summed E-state index contributed by atoms with van der Waals surface area (Å²) < 4.78 is 0. The van der Waals surface area contributed by atoms with Crippen molar-refractivity contribution in [1.82, 2.24) is 10.2 Å². The molecule has 2 aliphatic heterocycles. The Balaban J connectivity index is 2.13. The highest BCUT2D eigenvalue weighted by atomic mass is 16.2. The Kier molecular flexibility index (Phi) is 1.65. The molecular formula is C8H8N2O3. The maximum absolute atomic E-state index is 11.2. The molecule has 68 valence electrons. The van der Waals surface area contributed by atoms with E-state index in [-0.39, 0.29) is 30.2 Å². The van der Waals surface area contributed by atoms with Crippen molar-refractivity contribution in [3.05, 3.63) is 12.2 Å². The summed E-state index contributed by atoms with van der Waals surface area (Å²) in [6.07, 6.45) is 2.68. The first-order valence-electron chi connectivity index (χ1n) is 4.00. The van der Waals surface area contributed by atoms with Crippen molar-refractivity contribution in [3.8, 4) is 0 Å². The quantitative estimate of drug-likeness (QED) is 0.515. The summed E-state index contributed by atoms with van der Waals surface area (Å²) in [4.78, 5) is 34.3. The first-order chi connectivity index (χ1) is 6.18. The van der Waals surface area contributed by atoms with Gasteiger partial charge in [-0.3, -0.25) is 19.3 Å². The van der Waals surface area contributed by atoms with Crippen molar-refractivity contribution < 1.29 is 14.4 Å². The zero-order chi connectivity index (χ0) is 9.42. The second-order valence-electron chi connectivity index (χ2n) is 3.04. The minimum Gasteiger partial charge on any atom is -0.354 e. The van der Waals surface area contributed by atoms with E-state index in [1.54, 1.807) is 0 Å². The van der Waals surface area contributed by atoms with Crippen LogP contribution in [0.2, 0.25) is 0 Å². The molecule has 3 amide bonds. The standard InChI is InChI=1S/C8H8N2O3/c11-6-3-5(4-9-6)10-7(12)1-2-8(10)13/h1-2,5H,3-4H2,(H,9,11). The van der Waals surface area contributed by atoms with Gasteiger partial charge in [-0.2, -0.15) is 0 Å². The first-order valence-corrected chi connectivity index (χ1v) is 4.00. The van der Waals surface area contributed by atoms with E-state index in [1.165, 1.54) is 12.2 Å². The number of nitrogens with zero attached hydrogens (tertiary/aromatic N) is 1. The minimum absolute atomic E-state index is 0.113. The number of hydrogen-bond donors (Lipinski definition) is 1. The highest BCUT2D eigenvalue weighted by molar-refractivity contribution is 6.13. The molecule has 1 unspecified atom stereocenters. The third kappa shape index (κ3) is 1.22. The lowest BCUT2D eigenvalue weighted by Gasteiger charge is -2.19. The average molecular weight is 180 g/mol. The lowest BCUT2D eigenvalue weighted by atomic mass is 10.2. The van der Waals surface area contributed by atoms with Crippen LogP contribution in [0.4, 0.5) is 0 Å². The van der Waals surface area contributed by atoms with Gasteiger partial charge >= 0.3 is 0 Å². The Morgan fingerprint density at radius 1 is 1.23 bits per heavy atom. The maximum Gasteiger partial charge on any atom is 0.253 e. The smallest absolute Gasteiger partial charge is 0.253 e. The molecule has 1 atom stereocenters. The van der Waals surface area contributed by atoms with Gasteiger partial charge in [0, 0.05) is 25.1 Å². The predicted octanol–water partition coefficient (Wildman–Crippen LogP) is -1.20. The monoisotopic (exact) mass is 180 g/mol. The van der Waals surface area contributed by atoms with Crippen molar-refractivity contribution in [2.45, 2.75) is 12.5 Å². The number of nitrogens with one attached hydrogen (secondary N) is 1. The molecule has 0 bridgehead atoms. The molecule has 0 saturated carbocycles. The van der Waals surface area contributed by atoms with Crippen molar-refractivity contribution >= 4 is 17.7 Å². The number of imide groups is 1. The van der Waals surface area contributed by atoms with Crippen molar-refractivity contribution in [2.24, 2.45) is 0 Å². The highest BCUT2D eigenvalue weighted by Crippen LogP contribution is 2.14. The topological polar surface area (TPSA) is 66.5 Å². The molecule has 5 nitrogen and oxygen atoms in total. The van der Waals surface area contributed by atoms with Crippen LogP contribution < -0.4 is 5.32 Å². The molecule has 2 heterocycles. The second-order valence-corrected chi connectivity index (χ2v) is 3.04. The summed E-state index contributed by atoms with van der Waals surface area (Å²) in [6, 6.07) is -0.303. The normalized spacial score (nSPS) is 27.2. The van der Waals surface area contributed by atoms with Crippen LogP contribution in [-0.4, -0.2) is 35.2 Å². The molecule has 2 rings (SSSR count). The predicted molar refractivity (Wildman–Crippen MR) is 42.4 cm³/mol. The van der Waals surface area contributed by atoms with Gasteiger partial charge in [-0.25, -0.2) is 0 Å². The van der Waals surface area contributed by atoms with E-state index in [2.05, 4.69) is 5.32 Å². The fourth-order valence-electron chi connectivity index (χ4n) is 1.54. The zero-order valence-corrected chi connectivity index (χ0v) is 6.82. The van der Waals surface area contributed by atoms with Crippen LogP contribution in [0, 0.1) is 0 Å². The molecule has 0 radical (unpaired) electrons. The average Bonchev–Trinajstić information content (AvgIpc) is 2.60. The zero-order valence-electron chi connectivity index (χ0n) is 6.82. The highest BCUT2D eigenvalue weighted by Gasteiger charge is 2.35. The van der Waals surface area contributed by atoms with Crippen molar-refractivity contribution in [1.29, 1.82) is 0 Å². The third-order valence-electron chi connectivity index (χ3n) is 2.16. The van der Waals surface area contributed by atoms with E-state index in [9.17, 15) is 14.4 Å². The van der Waals surface area contributed by atoms with E-state index in [0.29, 0.717) is 6.54 Å². The fraction of sp³-hybridized carbons (Fsp3) is 0.375. The van der Waals surface area contributed by atoms with Crippen LogP contribution in [0.3, 0.4) is 0 Å². The number of amides is 3. The van der Waals surface area contributed by atoms with Gasteiger partial charge in [0.05, 0.1) is 6.04 Å². The molecule has 0 aromatic carbocycles. The maximum atomic E-state index is 11.2.